The molecule has 3 rings (SSSR count). The third-order valence-corrected chi connectivity index (χ3v) is 6.68. The van der Waals surface area contributed by atoms with E-state index in [2.05, 4.69) is 0 Å². The monoisotopic (exact) mass is 516 g/mol. The van der Waals surface area contributed by atoms with Gasteiger partial charge in [-0.1, -0.05) is 6.92 Å². The topological polar surface area (TPSA) is 237 Å². The van der Waals surface area contributed by atoms with E-state index < -0.39 is 112 Å². The zero-order valence-corrected chi connectivity index (χ0v) is 19.3. The van der Waals surface area contributed by atoms with Crippen LogP contribution in [0.5, 0.6) is 0 Å². The Kier molecular flexibility index (Phi) is 10.2. The molecule has 15 heteroatoms. The summed E-state index contributed by atoms with van der Waals surface area (Å²) in [6.07, 6.45) is -20.1. The molecular weight excluding hydrogens is 480 g/mol. The second kappa shape index (κ2) is 12.3. The number of ether oxygens (including phenoxy) is 6. The Hall–Kier alpha value is -0.600. The maximum absolute atomic E-state index is 10.6. The summed E-state index contributed by atoms with van der Waals surface area (Å²) in [5.74, 6) is -0.617. The maximum Gasteiger partial charge on any atom is 0.187 e. The molecule has 0 saturated carbocycles. The fourth-order valence-electron chi connectivity index (χ4n) is 4.34. The van der Waals surface area contributed by atoms with E-state index in [-0.39, 0.29) is 0 Å². The van der Waals surface area contributed by atoms with Gasteiger partial charge < -0.3 is 74.4 Å². The van der Waals surface area contributed by atoms with Crippen LogP contribution in [-0.2, 0) is 28.4 Å². The Bertz CT molecular complexity index is 648. The summed E-state index contributed by atoms with van der Waals surface area (Å²) >= 11 is 0. The molecule has 206 valence electrons. The Balaban J connectivity index is 1.63. The van der Waals surface area contributed by atoms with Gasteiger partial charge in [-0.05, 0) is 0 Å². The van der Waals surface area contributed by atoms with Crippen molar-refractivity contribution in [3.05, 3.63) is 0 Å². The Morgan fingerprint density at radius 1 is 0.600 bits per heavy atom. The van der Waals surface area contributed by atoms with Gasteiger partial charge in [0.1, 0.15) is 54.9 Å². The molecule has 3 aliphatic rings. The number of hydrogen-bond acceptors (Lipinski definition) is 15. The minimum absolute atomic E-state index is 0.463. The summed E-state index contributed by atoms with van der Waals surface area (Å²) in [5.41, 5.74) is 0. The lowest BCUT2D eigenvalue weighted by molar-refractivity contribution is -0.361. The number of aliphatic hydroxyl groups excluding tert-OH is 9. The van der Waals surface area contributed by atoms with Gasteiger partial charge >= 0.3 is 0 Å². The number of rotatable bonds is 8. The number of aliphatic hydroxyl groups is 9. The minimum atomic E-state index is -1.74. The first-order valence-electron chi connectivity index (χ1n) is 11.3. The van der Waals surface area contributed by atoms with Crippen LogP contribution >= 0.6 is 0 Å². The van der Waals surface area contributed by atoms with Crippen molar-refractivity contribution in [2.75, 3.05) is 26.9 Å². The summed E-state index contributed by atoms with van der Waals surface area (Å²) in [6, 6.07) is 0. The van der Waals surface area contributed by atoms with Gasteiger partial charge in [0.2, 0.25) is 0 Å². The molecule has 15 atom stereocenters. The standard InChI is InChI=1S/C20H36O15/c1-6-7(3-21)32-20(14(27)10(6)23)35-17-8(4-22)33-19(16(29)13(17)26)31-5-9-11(24)12(25)15(28)18(30-2)34-9/h6-29H,3-5H2,1-2H3/t6?,7-,8-,9+,10+,11+,12-,13-,14-,15+,16-,17-,18+,19+,20?/m0/s1. The van der Waals surface area contributed by atoms with E-state index in [1.165, 1.54) is 7.11 Å². The minimum Gasteiger partial charge on any atom is -0.394 e. The van der Waals surface area contributed by atoms with Gasteiger partial charge in [0.15, 0.2) is 18.9 Å². The molecule has 3 saturated heterocycles. The van der Waals surface area contributed by atoms with E-state index in [0.717, 1.165) is 0 Å². The van der Waals surface area contributed by atoms with Gasteiger partial charge in [-0.3, -0.25) is 0 Å². The van der Waals surface area contributed by atoms with Crippen LogP contribution in [0.15, 0.2) is 0 Å². The number of methoxy groups -OCH3 is 1. The Morgan fingerprint density at radius 3 is 1.74 bits per heavy atom. The van der Waals surface area contributed by atoms with Gasteiger partial charge in [-0.15, -0.1) is 0 Å². The summed E-state index contributed by atoms with van der Waals surface area (Å²) in [6.45, 7) is -0.0805. The summed E-state index contributed by atoms with van der Waals surface area (Å²) < 4.78 is 32.2. The molecule has 2 unspecified atom stereocenters. The Labute approximate surface area is 200 Å². The molecule has 0 aromatic heterocycles. The average molecular weight is 516 g/mol. The smallest absolute Gasteiger partial charge is 0.187 e. The lowest BCUT2D eigenvalue weighted by atomic mass is 9.91. The second-order valence-electron chi connectivity index (χ2n) is 8.96. The Morgan fingerprint density at radius 2 is 1.14 bits per heavy atom. The van der Waals surface area contributed by atoms with Gasteiger partial charge in [0.25, 0.3) is 0 Å². The average Bonchev–Trinajstić information content (AvgIpc) is 2.85. The van der Waals surface area contributed by atoms with E-state index in [4.69, 9.17) is 28.4 Å². The van der Waals surface area contributed by atoms with Crippen molar-refractivity contribution in [1.29, 1.82) is 0 Å². The predicted octanol–water partition coefficient (Wildman–Crippen LogP) is -5.64. The largest absolute Gasteiger partial charge is 0.394 e. The zero-order chi connectivity index (χ0) is 26.0. The molecule has 15 nitrogen and oxygen atoms in total. The van der Waals surface area contributed by atoms with E-state index in [9.17, 15) is 46.0 Å². The molecule has 9 N–H and O–H groups in total. The van der Waals surface area contributed by atoms with Crippen LogP contribution in [0.1, 0.15) is 6.92 Å². The molecule has 0 amide bonds. The molecule has 0 bridgehead atoms. The lowest BCUT2D eigenvalue weighted by Crippen LogP contribution is -2.64. The highest BCUT2D eigenvalue weighted by molar-refractivity contribution is 4.94. The second-order valence-corrected chi connectivity index (χ2v) is 8.96. The quantitative estimate of drug-likeness (QED) is 0.146. The third-order valence-electron chi connectivity index (χ3n) is 6.68. The van der Waals surface area contributed by atoms with Crippen LogP contribution < -0.4 is 0 Å². The van der Waals surface area contributed by atoms with E-state index in [1.807, 2.05) is 0 Å². The highest BCUT2D eigenvalue weighted by Gasteiger charge is 2.51. The van der Waals surface area contributed by atoms with Crippen molar-refractivity contribution in [1.82, 2.24) is 0 Å². The van der Waals surface area contributed by atoms with Crippen molar-refractivity contribution in [2.24, 2.45) is 5.92 Å². The first-order chi connectivity index (χ1) is 16.5. The molecule has 0 spiro atoms. The van der Waals surface area contributed by atoms with Crippen LogP contribution in [0, 0.1) is 5.92 Å². The molecule has 3 aliphatic heterocycles. The van der Waals surface area contributed by atoms with E-state index in [0.29, 0.717) is 0 Å². The molecule has 0 aromatic rings. The first-order valence-corrected chi connectivity index (χ1v) is 11.3. The van der Waals surface area contributed by atoms with Crippen molar-refractivity contribution in [3.8, 4) is 0 Å². The van der Waals surface area contributed by atoms with Gasteiger partial charge in [0, 0.05) is 13.0 Å². The summed E-state index contributed by atoms with van der Waals surface area (Å²) in [4.78, 5) is 0. The van der Waals surface area contributed by atoms with Gasteiger partial charge in [-0.25, -0.2) is 0 Å². The van der Waals surface area contributed by atoms with Crippen LogP contribution in [-0.4, -0.2) is 159 Å². The fraction of sp³-hybridized carbons (Fsp3) is 1.00. The summed E-state index contributed by atoms with van der Waals surface area (Å²) in [5, 5.41) is 90.8. The molecule has 0 aromatic carbocycles. The SMILES string of the molecule is CO[C@@H]1O[C@H](CO[C@@H]2O[C@@H](CO)[C@H](OC3O[C@@H](CO)C(C)[C@@H](O)[C@@H]3O)[C@@H](O)[C@@H]2O)[C@@H](O)[C@H](O)[C@H]1O. The van der Waals surface area contributed by atoms with Crippen molar-refractivity contribution < 1.29 is 74.4 Å². The van der Waals surface area contributed by atoms with Crippen molar-refractivity contribution in [3.63, 3.8) is 0 Å². The highest BCUT2D eigenvalue weighted by atomic mass is 16.7. The van der Waals surface area contributed by atoms with E-state index in [1.54, 1.807) is 6.92 Å². The molecule has 0 aliphatic carbocycles. The summed E-state index contributed by atoms with van der Waals surface area (Å²) in [7, 11) is 1.22. The molecule has 35 heavy (non-hydrogen) atoms. The fourth-order valence-corrected chi connectivity index (χ4v) is 4.34. The van der Waals surface area contributed by atoms with Crippen molar-refractivity contribution in [2.45, 2.75) is 92.9 Å². The molecule has 3 heterocycles. The molecular formula is C20H36O15. The molecule has 3 fully saturated rings. The lowest BCUT2D eigenvalue weighted by Gasteiger charge is -2.46. The van der Waals surface area contributed by atoms with E-state index >= 15 is 0 Å². The van der Waals surface area contributed by atoms with Crippen LogP contribution in [0.4, 0.5) is 0 Å². The highest BCUT2D eigenvalue weighted by Crippen LogP contribution is 2.32. The van der Waals surface area contributed by atoms with Gasteiger partial charge in [-0.2, -0.15) is 0 Å². The molecule has 0 radical (unpaired) electrons. The zero-order valence-electron chi connectivity index (χ0n) is 19.3. The first kappa shape index (κ1) is 29.0. The normalized spacial score (nSPS) is 51.3. The third kappa shape index (κ3) is 5.95. The van der Waals surface area contributed by atoms with Crippen LogP contribution in [0.2, 0.25) is 0 Å². The van der Waals surface area contributed by atoms with Gasteiger partial charge in [0.05, 0.1) is 32.0 Å². The predicted molar refractivity (Wildman–Crippen MR) is 109 cm³/mol. The number of hydrogen-bond donors (Lipinski definition) is 9. The van der Waals surface area contributed by atoms with Crippen molar-refractivity contribution >= 4 is 0 Å². The van der Waals surface area contributed by atoms with Crippen LogP contribution in [0.25, 0.3) is 0 Å². The van der Waals surface area contributed by atoms with Crippen LogP contribution in [0.3, 0.4) is 0 Å². The maximum atomic E-state index is 10.6.